The van der Waals surface area contributed by atoms with Crippen LogP contribution in [0.2, 0.25) is 0 Å². The highest BCUT2D eigenvalue weighted by molar-refractivity contribution is 7.11. The number of thiophene rings is 1. The third kappa shape index (κ3) is 5.70. The topological polar surface area (TPSA) is 50.4 Å². The summed E-state index contributed by atoms with van der Waals surface area (Å²) < 4.78 is 4.90. The lowest BCUT2D eigenvalue weighted by molar-refractivity contribution is 0.193. The molecule has 5 heteroatoms. The molecule has 0 aliphatic carbocycles. The first-order valence-electron chi connectivity index (χ1n) is 5.84. The van der Waals surface area contributed by atoms with Crippen molar-refractivity contribution in [3.05, 3.63) is 21.9 Å². The van der Waals surface area contributed by atoms with Crippen LogP contribution < -0.4 is 10.6 Å². The van der Waals surface area contributed by atoms with E-state index in [4.69, 9.17) is 4.74 Å². The van der Waals surface area contributed by atoms with Crippen molar-refractivity contribution in [1.29, 1.82) is 0 Å². The molecule has 0 atom stereocenters. The zero-order valence-corrected chi connectivity index (χ0v) is 11.2. The summed E-state index contributed by atoms with van der Waals surface area (Å²) in [5, 5.41) is 5.62. The number of aryl methyl sites for hydroxylation is 1. The third-order valence-electron chi connectivity index (χ3n) is 2.30. The first-order valence-corrected chi connectivity index (χ1v) is 6.66. The molecule has 1 heterocycles. The van der Waals surface area contributed by atoms with Gasteiger partial charge in [0, 0.05) is 30.0 Å². The number of hydrogen-bond acceptors (Lipinski definition) is 3. The van der Waals surface area contributed by atoms with Crippen LogP contribution in [0.25, 0.3) is 0 Å². The van der Waals surface area contributed by atoms with E-state index in [0.29, 0.717) is 19.7 Å². The Kier molecular flexibility index (Phi) is 6.65. The highest BCUT2D eigenvalue weighted by Gasteiger charge is 2.02. The molecule has 4 nitrogen and oxygen atoms in total. The van der Waals surface area contributed by atoms with Crippen LogP contribution in [0.4, 0.5) is 4.79 Å². The Hall–Kier alpha value is -1.07. The molecule has 0 unspecified atom stereocenters. The Morgan fingerprint density at radius 2 is 2.12 bits per heavy atom. The van der Waals surface area contributed by atoms with Gasteiger partial charge in [0.05, 0.1) is 6.54 Å². The summed E-state index contributed by atoms with van der Waals surface area (Å²) in [6.45, 7) is 4.04. The van der Waals surface area contributed by atoms with Crippen LogP contribution in [-0.2, 0) is 17.7 Å². The molecule has 0 spiro atoms. The lowest BCUT2D eigenvalue weighted by atomic mass is 10.4. The van der Waals surface area contributed by atoms with Crippen molar-refractivity contribution in [3.8, 4) is 0 Å². The summed E-state index contributed by atoms with van der Waals surface area (Å²) in [5.41, 5.74) is 0. The summed E-state index contributed by atoms with van der Waals surface area (Å²) in [6.07, 6.45) is 1.89. The maximum Gasteiger partial charge on any atom is 0.315 e. The van der Waals surface area contributed by atoms with E-state index in [2.05, 4.69) is 29.7 Å². The van der Waals surface area contributed by atoms with Crippen LogP contribution in [0.1, 0.15) is 23.1 Å². The fourth-order valence-corrected chi connectivity index (χ4v) is 2.25. The molecule has 1 aromatic heterocycles. The van der Waals surface area contributed by atoms with Crippen LogP contribution in [0.5, 0.6) is 0 Å². The quantitative estimate of drug-likeness (QED) is 0.734. The molecule has 2 N–H and O–H groups in total. The molecular weight excluding hydrogens is 236 g/mol. The summed E-state index contributed by atoms with van der Waals surface area (Å²) in [7, 11) is 1.65. The minimum Gasteiger partial charge on any atom is -0.385 e. The van der Waals surface area contributed by atoms with Crippen molar-refractivity contribution in [2.75, 3.05) is 20.3 Å². The Balaban J connectivity index is 2.14. The number of nitrogens with one attached hydrogen (secondary N) is 2. The van der Waals surface area contributed by atoms with Gasteiger partial charge in [0.2, 0.25) is 0 Å². The van der Waals surface area contributed by atoms with Gasteiger partial charge in [-0.25, -0.2) is 4.79 Å². The molecule has 0 saturated heterocycles. The normalized spacial score (nSPS) is 10.2. The van der Waals surface area contributed by atoms with Crippen LogP contribution in [0, 0.1) is 0 Å². The highest BCUT2D eigenvalue weighted by atomic mass is 32.1. The van der Waals surface area contributed by atoms with Crippen molar-refractivity contribution >= 4 is 17.4 Å². The monoisotopic (exact) mass is 256 g/mol. The second-order valence-electron chi connectivity index (χ2n) is 3.68. The minimum atomic E-state index is -0.118. The van der Waals surface area contributed by atoms with Crippen molar-refractivity contribution in [2.45, 2.75) is 26.3 Å². The van der Waals surface area contributed by atoms with Gasteiger partial charge in [0.15, 0.2) is 0 Å². The zero-order chi connectivity index (χ0) is 12.5. The minimum absolute atomic E-state index is 0.118. The second-order valence-corrected chi connectivity index (χ2v) is 4.93. The average molecular weight is 256 g/mol. The number of carbonyl (C=O) groups is 1. The van der Waals surface area contributed by atoms with Gasteiger partial charge in [-0.1, -0.05) is 6.92 Å². The van der Waals surface area contributed by atoms with E-state index in [1.807, 2.05) is 0 Å². The molecule has 0 aliphatic rings. The predicted molar refractivity (Wildman–Crippen MR) is 70.4 cm³/mol. The lowest BCUT2D eigenvalue weighted by Crippen LogP contribution is -2.35. The van der Waals surface area contributed by atoms with Crippen molar-refractivity contribution < 1.29 is 9.53 Å². The molecule has 0 saturated carbocycles. The SMILES string of the molecule is CCc1ccc(CNC(=O)NCCCOC)s1. The Labute approximate surface area is 106 Å². The van der Waals surface area contributed by atoms with Gasteiger partial charge >= 0.3 is 6.03 Å². The summed E-state index contributed by atoms with van der Waals surface area (Å²) in [6, 6.07) is 4.06. The van der Waals surface area contributed by atoms with Crippen LogP contribution in [0.15, 0.2) is 12.1 Å². The number of urea groups is 1. The van der Waals surface area contributed by atoms with Gasteiger partial charge in [0.25, 0.3) is 0 Å². The van der Waals surface area contributed by atoms with E-state index >= 15 is 0 Å². The smallest absolute Gasteiger partial charge is 0.315 e. The molecule has 96 valence electrons. The summed E-state index contributed by atoms with van der Waals surface area (Å²) >= 11 is 1.74. The molecule has 17 heavy (non-hydrogen) atoms. The average Bonchev–Trinajstić information content (AvgIpc) is 2.80. The van der Waals surface area contributed by atoms with Gasteiger partial charge in [-0.05, 0) is 25.0 Å². The molecule has 0 aromatic carbocycles. The van der Waals surface area contributed by atoms with Gasteiger partial charge in [-0.3, -0.25) is 0 Å². The molecule has 2 amide bonds. The van der Waals surface area contributed by atoms with Crippen LogP contribution in [-0.4, -0.2) is 26.3 Å². The van der Waals surface area contributed by atoms with Gasteiger partial charge < -0.3 is 15.4 Å². The van der Waals surface area contributed by atoms with E-state index in [1.54, 1.807) is 18.4 Å². The second kappa shape index (κ2) is 8.08. The molecule has 0 bridgehead atoms. The third-order valence-corrected chi connectivity index (χ3v) is 3.53. The fourth-order valence-electron chi connectivity index (χ4n) is 1.36. The molecule has 1 rings (SSSR count). The maximum atomic E-state index is 11.4. The van der Waals surface area contributed by atoms with Crippen molar-refractivity contribution in [1.82, 2.24) is 10.6 Å². The van der Waals surface area contributed by atoms with E-state index in [1.165, 1.54) is 9.75 Å². The van der Waals surface area contributed by atoms with Crippen LogP contribution in [0.3, 0.4) is 0 Å². The predicted octanol–water partition coefficient (Wildman–Crippen LogP) is 2.15. The molecule has 0 radical (unpaired) electrons. The first kappa shape index (κ1) is 14.0. The summed E-state index contributed by atoms with van der Waals surface area (Å²) in [4.78, 5) is 13.9. The number of rotatable bonds is 7. The van der Waals surface area contributed by atoms with E-state index in [9.17, 15) is 4.79 Å². The molecule has 1 aromatic rings. The van der Waals surface area contributed by atoms with Crippen molar-refractivity contribution in [3.63, 3.8) is 0 Å². The van der Waals surface area contributed by atoms with Gasteiger partial charge in [-0.15, -0.1) is 11.3 Å². The van der Waals surface area contributed by atoms with E-state index in [0.717, 1.165) is 12.8 Å². The Morgan fingerprint density at radius 1 is 1.35 bits per heavy atom. The largest absolute Gasteiger partial charge is 0.385 e. The summed E-state index contributed by atoms with van der Waals surface area (Å²) in [5.74, 6) is 0. The number of methoxy groups -OCH3 is 1. The molecule has 0 aliphatic heterocycles. The highest BCUT2D eigenvalue weighted by Crippen LogP contribution is 2.16. The van der Waals surface area contributed by atoms with Crippen LogP contribution >= 0.6 is 11.3 Å². The van der Waals surface area contributed by atoms with Gasteiger partial charge in [0.1, 0.15) is 0 Å². The number of amides is 2. The number of hydrogen-bond donors (Lipinski definition) is 2. The first-order chi connectivity index (χ1) is 8.26. The maximum absolute atomic E-state index is 11.4. The number of ether oxygens (including phenoxy) is 1. The Bertz CT molecular complexity index is 339. The Morgan fingerprint density at radius 3 is 2.76 bits per heavy atom. The van der Waals surface area contributed by atoms with Crippen molar-refractivity contribution in [2.24, 2.45) is 0 Å². The molecular formula is C12H20N2O2S. The lowest BCUT2D eigenvalue weighted by Gasteiger charge is -2.06. The standard InChI is InChI=1S/C12H20N2O2S/c1-3-10-5-6-11(17-10)9-14-12(15)13-7-4-8-16-2/h5-6H,3-4,7-9H2,1-2H3,(H2,13,14,15). The zero-order valence-electron chi connectivity index (χ0n) is 10.4. The van der Waals surface area contributed by atoms with E-state index in [-0.39, 0.29) is 6.03 Å². The fraction of sp³-hybridized carbons (Fsp3) is 0.583. The molecule has 0 fully saturated rings. The van der Waals surface area contributed by atoms with E-state index < -0.39 is 0 Å². The number of carbonyl (C=O) groups excluding carboxylic acids is 1. The van der Waals surface area contributed by atoms with Gasteiger partial charge in [-0.2, -0.15) is 0 Å².